The second-order valence-electron chi connectivity index (χ2n) is 4.55. The molecule has 0 aliphatic carbocycles. The van der Waals surface area contributed by atoms with Crippen molar-refractivity contribution in [1.29, 1.82) is 0 Å². The first-order valence-electron chi connectivity index (χ1n) is 6.17. The maximum absolute atomic E-state index is 12.5. The summed E-state index contributed by atoms with van der Waals surface area (Å²) in [6.07, 6.45) is 4.02. The molecule has 1 unspecified atom stereocenters. The van der Waals surface area contributed by atoms with Crippen LogP contribution in [-0.4, -0.2) is 15.8 Å². The van der Waals surface area contributed by atoms with Crippen LogP contribution < -0.4 is 10.5 Å². The fraction of sp³-hybridized carbons (Fsp3) is 0.214. The molecule has 1 aliphatic heterocycles. The van der Waals surface area contributed by atoms with Crippen LogP contribution in [0.15, 0.2) is 40.0 Å². The molecule has 4 nitrogen and oxygen atoms in total. The minimum Gasteiger partial charge on any atom is -0.493 e. The number of anilines is 1. The number of nitrogens with two attached hydrogens (primary N) is 1. The normalized spacial score (nSPS) is 14.7. The van der Waals surface area contributed by atoms with E-state index in [-0.39, 0.29) is 0 Å². The fourth-order valence-corrected chi connectivity index (χ4v) is 4.01. The van der Waals surface area contributed by atoms with Gasteiger partial charge < -0.3 is 10.5 Å². The molecule has 6 heteroatoms. The van der Waals surface area contributed by atoms with E-state index < -0.39 is 10.8 Å². The maximum atomic E-state index is 12.5. The monoisotopic (exact) mass is 352 g/mol. The number of hydrogen-bond acceptors (Lipinski definition) is 4. The largest absolute Gasteiger partial charge is 0.493 e. The first-order valence-corrected chi connectivity index (χ1v) is 8.28. The first kappa shape index (κ1) is 13.6. The molecular weight excluding hydrogens is 340 g/mol. The van der Waals surface area contributed by atoms with Gasteiger partial charge in [-0.3, -0.25) is 9.19 Å². The summed E-state index contributed by atoms with van der Waals surface area (Å²) in [6, 6.07) is 5.71. The van der Waals surface area contributed by atoms with Crippen LogP contribution in [0.2, 0.25) is 0 Å². The lowest BCUT2D eigenvalue weighted by Gasteiger charge is -2.10. The summed E-state index contributed by atoms with van der Waals surface area (Å²) >= 11 is 3.49. The van der Waals surface area contributed by atoms with Crippen LogP contribution in [0.1, 0.15) is 11.1 Å². The highest BCUT2D eigenvalue weighted by molar-refractivity contribution is 9.10. The van der Waals surface area contributed by atoms with E-state index in [0.717, 1.165) is 27.8 Å². The van der Waals surface area contributed by atoms with E-state index in [0.29, 0.717) is 22.9 Å². The van der Waals surface area contributed by atoms with Gasteiger partial charge in [0.15, 0.2) is 0 Å². The van der Waals surface area contributed by atoms with Crippen molar-refractivity contribution in [2.75, 3.05) is 12.3 Å². The Hall–Kier alpha value is -1.40. The molecule has 0 bridgehead atoms. The van der Waals surface area contributed by atoms with E-state index in [9.17, 15) is 4.21 Å². The second-order valence-corrected chi connectivity index (χ2v) is 6.89. The van der Waals surface area contributed by atoms with Crippen LogP contribution in [0.25, 0.3) is 0 Å². The van der Waals surface area contributed by atoms with Crippen molar-refractivity contribution in [3.8, 4) is 5.75 Å². The second kappa shape index (κ2) is 5.54. The summed E-state index contributed by atoms with van der Waals surface area (Å²) < 4.78 is 19.1. The number of aromatic nitrogens is 1. The van der Waals surface area contributed by atoms with Crippen LogP contribution in [-0.2, 0) is 23.0 Å². The van der Waals surface area contributed by atoms with Crippen molar-refractivity contribution in [2.45, 2.75) is 17.1 Å². The highest BCUT2D eigenvalue weighted by Gasteiger charge is 2.19. The van der Waals surface area contributed by atoms with Gasteiger partial charge in [0.05, 0.1) is 39.9 Å². The van der Waals surface area contributed by atoms with Gasteiger partial charge in [-0.2, -0.15) is 0 Å². The van der Waals surface area contributed by atoms with Crippen LogP contribution in [0.3, 0.4) is 0 Å². The number of fused-ring (bicyclic) bond motifs is 1. The maximum Gasteiger partial charge on any atom is 0.126 e. The molecule has 0 saturated carbocycles. The summed E-state index contributed by atoms with van der Waals surface area (Å²) in [4.78, 5) is 4.53. The summed E-state index contributed by atoms with van der Waals surface area (Å²) in [5.74, 6) is 1.25. The van der Waals surface area contributed by atoms with E-state index >= 15 is 0 Å². The van der Waals surface area contributed by atoms with Gasteiger partial charge in [-0.1, -0.05) is 15.9 Å². The molecule has 1 atom stereocenters. The van der Waals surface area contributed by atoms with Gasteiger partial charge in [-0.15, -0.1) is 0 Å². The number of nitrogen functional groups attached to an aromatic ring is 1. The molecule has 2 aromatic rings. The lowest BCUT2D eigenvalue weighted by Crippen LogP contribution is -2.02. The van der Waals surface area contributed by atoms with Crippen LogP contribution in [0, 0.1) is 0 Å². The topological polar surface area (TPSA) is 65.2 Å². The van der Waals surface area contributed by atoms with Crippen molar-refractivity contribution >= 4 is 32.4 Å². The Kier molecular flexibility index (Phi) is 3.76. The minimum absolute atomic E-state index is 0.385. The number of pyridine rings is 1. The Balaban J connectivity index is 1.93. The zero-order valence-corrected chi connectivity index (χ0v) is 13.0. The number of ether oxygens (including phenoxy) is 1. The molecule has 0 radical (unpaired) electrons. The Labute approximate surface area is 127 Å². The highest BCUT2D eigenvalue weighted by Crippen LogP contribution is 2.34. The quantitative estimate of drug-likeness (QED) is 0.922. The van der Waals surface area contributed by atoms with E-state index in [1.54, 1.807) is 12.3 Å². The third-order valence-electron chi connectivity index (χ3n) is 3.17. The van der Waals surface area contributed by atoms with Crippen molar-refractivity contribution < 1.29 is 8.95 Å². The Morgan fingerprint density at radius 1 is 1.45 bits per heavy atom. The van der Waals surface area contributed by atoms with E-state index in [1.807, 2.05) is 6.07 Å². The predicted molar refractivity (Wildman–Crippen MR) is 82.1 cm³/mol. The average molecular weight is 353 g/mol. The van der Waals surface area contributed by atoms with Crippen LogP contribution >= 0.6 is 15.9 Å². The number of nitrogens with zero attached hydrogens (tertiary/aromatic N) is 1. The van der Waals surface area contributed by atoms with Crippen molar-refractivity contribution in [3.05, 3.63) is 46.2 Å². The van der Waals surface area contributed by atoms with E-state index in [1.165, 1.54) is 6.20 Å². The van der Waals surface area contributed by atoms with E-state index in [4.69, 9.17) is 10.5 Å². The van der Waals surface area contributed by atoms with Crippen LogP contribution in [0.5, 0.6) is 5.75 Å². The third-order valence-corrected chi connectivity index (χ3v) is 5.06. The molecular formula is C14H13BrN2O2S. The van der Waals surface area contributed by atoms with Crippen LogP contribution in [0.4, 0.5) is 5.69 Å². The molecule has 2 N–H and O–H groups in total. The molecule has 1 aromatic heterocycles. The first-order chi connectivity index (χ1) is 9.65. The number of hydrogen-bond donors (Lipinski definition) is 1. The number of benzene rings is 1. The van der Waals surface area contributed by atoms with Gasteiger partial charge in [-0.25, -0.2) is 0 Å². The molecule has 2 heterocycles. The lowest BCUT2D eigenvalue weighted by atomic mass is 10.1. The number of rotatable bonds is 3. The van der Waals surface area contributed by atoms with Gasteiger partial charge in [-0.05, 0) is 23.8 Å². The molecule has 0 amide bonds. The Morgan fingerprint density at radius 3 is 3.10 bits per heavy atom. The highest BCUT2D eigenvalue weighted by atomic mass is 79.9. The standard InChI is InChI=1S/C14H13BrN2O2S/c15-11-5-9-2-4-19-14(9)10(6-11)8-20(18)13-1-3-17-7-12(13)16/h1,3,5-7H,2,4,8,16H2. The third kappa shape index (κ3) is 2.58. The zero-order valence-electron chi connectivity index (χ0n) is 10.6. The lowest BCUT2D eigenvalue weighted by molar-refractivity contribution is 0.354. The summed E-state index contributed by atoms with van der Waals surface area (Å²) in [6.45, 7) is 0.683. The van der Waals surface area contributed by atoms with Gasteiger partial charge in [0, 0.05) is 22.7 Å². The van der Waals surface area contributed by atoms with Gasteiger partial charge >= 0.3 is 0 Å². The molecule has 1 aliphatic rings. The number of halogens is 1. The summed E-state index contributed by atoms with van der Waals surface area (Å²) in [5.41, 5.74) is 8.39. The van der Waals surface area contributed by atoms with Gasteiger partial charge in [0.1, 0.15) is 5.75 Å². The van der Waals surface area contributed by atoms with Crippen molar-refractivity contribution in [3.63, 3.8) is 0 Å². The summed E-state index contributed by atoms with van der Waals surface area (Å²) in [5, 5.41) is 0. The molecule has 1 aromatic carbocycles. The molecule has 0 saturated heterocycles. The SMILES string of the molecule is Nc1cnccc1S(=O)Cc1cc(Br)cc2c1OCC2. The molecule has 104 valence electrons. The molecule has 0 fully saturated rings. The van der Waals surface area contributed by atoms with Crippen molar-refractivity contribution in [1.82, 2.24) is 4.98 Å². The Morgan fingerprint density at radius 2 is 2.30 bits per heavy atom. The predicted octanol–water partition coefficient (Wildman–Crippen LogP) is 2.67. The Bertz CT molecular complexity index is 691. The van der Waals surface area contributed by atoms with E-state index in [2.05, 4.69) is 27.0 Å². The van der Waals surface area contributed by atoms with Gasteiger partial charge in [0.25, 0.3) is 0 Å². The summed E-state index contributed by atoms with van der Waals surface area (Å²) in [7, 11) is -1.21. The smallest absolute Gasteiger partial charge is 0.126 e. The molecule has 20 heavy (non-hydrogen) atoms. The average Bonchev–Trinajstić information content (AvgIpc) is 2.87. The minimum atomic E-state index is -1.21. The molecule has 0 spiro atoms. The van der Waals surface area contributed by atoms with Gasteiger partial charge in [0.2, 0.25) is 0 Å². The molecule has 3 rings (SSSR count). The van der Waals surface area contributed by atoms with Crippen molar-refractivity contribution in [2.24, 2.45) is 0 Å². The zero-order chi connectivity index (χ0) is 14.1. The fourth-order valence-electron chi connectivity index (χ4n) is 2.27.